The molecule has 1 rings (SSSR count). The average molecular weight is 241 g/mol. The zero-order valence-corrected chi connectivity index (χ0v) is 10.1. The van der Waals surface area contributed by atoms with E-state index in [0.717, 1.165) is 11.3 Å². The maximum Gasteiger partial charge on any atom is 0.125 e. The molecule has 0 aliphatic rings. The topological polar surface area (TPSA) is 27.0 Å². The number of rotatable bonds is 4. The monoisotopic (exact) mass is 240 g/mol. The Labute approximate surface area is 100 Å². The largest absolute Gasteiger partial charge is 0.371 e. The van der Waals surface area contributed by atoms with Crippen LogP contribution in [0.2, 0.25) is 0 Å². The van der Waals surface area contributed by atoms with Crippen LogP contribution < -0.4 is 4.90 Å². The minimum absolute atomic E-state index is 0.0509. The Balaban J connectivity index is 2.95. The smallest absolute Gasteiger partial charge is 0.125 e. The number of halogens is 2. The summed E-state index contributed by atoms with van der Waals surface area (Å²) in [6.07, 6.45) is 0.406. The van der Waals surface area contributed by atoms with Crippen LogP contribution in [0, 0.1) is 17.1 Å². The number of nitriles is 1. The minimum atomic E-state index is -0.302. The third-order valence-electron chi connectivity index (χ3n) is 2.55. The first-order chi connectivity index (χ1) is 7.58. The fraction of sp³-hybridized carbons (Fsp3) is 0.417. The van der Waals surface area contributed by atoms with E-state index in [0.29, 0.717) is 6.42 Å². The van der Waals surface area contributed by atoms with Gasteiger partial charge in [0.2, 0.25) is 0 Å². The first kappa shape index (κ1) is 12.8. The van der Waals surface area contributed by atoms with Crippen LogP contribution in [0.15, 0.2) is 18.2 Å². The molecule has 4 heteroatoms. The zero-order chi connectivity index (χ0) is 12.1. The van der Waals surface area contributed by atoms with E-state index in [1.807, 2.05) is 24.9 Å². The SMILES string of the molecule is CC(CC#N)N(C)c1cc(F)cc(CCl)c1. The van der Waals surface area contributed by atoms with Gasteiger partial charge in [0.25, 0.3) is 0 Å². The minimum Gasteiger partial charge on any atom is -0.371 e. The van der Waals surface area contributed by atoms with E-state index >= 15 is 0 Å². The number of anilines is 1. The van der Waals surface area contributed by atoms with E-state index < -0.39 is 0 Å². The summed E-state index contributed by atoms with van der Waals surface area (Å²) in [4.78, 5) is 1.88. The van der Waals surface area contributed by atoms with Crippen LogP contribution >= 0.6 is 11.6 Å². The summed E-state index contributed by atoms with van der Waals surface area (Å²) < 4.78 is 13.3. The second-order valence-corrected chi connectivity index (χ2v) is 4.04. The summed E-state index contributed by atoms with van der Waals surface area (Å²) in [5.41, 5.74) is 1.49. The maximum atomic E-state index is 13.3. The molecule has 0 aliphatic heterocycles. The van der Waals surface area contributed by atoms with Crippen molar-refractivity contribution in [3.05, 3.63) is 29.6 Å². The summed E-state index contributed by atoms with van der Waals surface area (Å²) in [5, 5.41) is 8.62. The van der Waals surface area contributed by atoms with Crippen molar-refractivity contribution in [1.82, 2.24) is 0 Å². The Morgan fingerprint density at radius 1 is 1.50 bits per heavy atom. The van der Waals surface area contributed by atoms with Crippen molar-refractivity contribution in [2.24, 2.45) is 0 Å². The van der Waals surface area contributed by atoms with Gasteiger partial charge in [0, 0.05) is 24.7 Å². The molecule has 86 valence electrons. The number of nitrogens with zero attached hydrogens (tertiary/aromatic N) is 2. The molecule has 0 saturated heterocycles. The second-order valence-electron chi connectivity index (χ2n) is 3.77. The first-order valence-corrected chi connectivity index (χ1v) is 5.57. The number of hydrogen-bond acceptors (Lipinski definition) is 2. The Kier molecular flexibility index (Phi) is 4.57. The molecule has 1 unspecified atom stereocenters. The van der Waals surface area contributed by atoms with Crippen LogP contribution in [0.5, 0.6) is 0 Å². The first-order valence-electron chi connectivity index (χ1n) is 5.03. The zero-order valence-electron chi connectivity index (χ0n) is 9.37. The fourth-order valence-electron chi connectivity index (χ4n) is 1.44. The molecule has 0 spiro atoms. The van der Waals surface area contributed by atoms with Crippen LogP contribution in [0.1, 0.15) is 18.9 Å². The Hall–Kier alpha value is -1.27. The molecule has 16 heavy (non-hydrogen) atoms. The molecule has 0 bridgehead atoms. The summed E-state index contributed by atoms with van der Waals surface area (Å²) in [7, 11) is 1.84. The molecule has 0 saturated carbocycles. The standard InChI is InChI=1S/C12H14ClFN2/c1-9(3-4-15)16(2)12-6-10(8-13)5-11(14)7-12/h5-7,9H,3,8H2,1-2H3. The third-order valence-corrected chi connectivity index (χ3v) is 2.86. The van der Waals surface area contributed by atoms with Gasteiger partial charge >= 0.3 is 0 Å². The lowest BCUT2D eigenvalue weighted by atomic mass is 10.1. The molecule has 0 amide bonds. The molecule has 1 aromatic rings. The van der Waals surface area contributed by atoms with Crippen molar-refractivity contribution in [2.45, 2.75) is 25.3 Å². The molecule has 0 heterocycles. The maximum absolute atomic E-state index is 13.3. The van der Waals surface area contributed by atoms with Crippen LogP contribution in [-0.4, -0.2) is 13.1 Å². The second kappa shape index (κ2) is 5.72. The molecule has 0 N–H and O–H groups in total. The molecule has 0 fully saturated rings. The van der Waals surface area contributed by atoms with Gasteiger partial charge in [-0.1, -0.05) is 0 Å². The van der Waals surface area contributed by atoms with E-state index in [2.05, 4.69) is 6.07 Å². The van der Waals surface area contributed by atoms with Gasteiger partial charge in [-0.3, -0.25) is 0 Å². The predicted molar refractivity (Wildman–Crippen MR) is 64.1 cm³/mol. The van der Waals surface area contributed by atoms with E-state index in [-0.39, 0.29) is 17.7 Å². The fourth-order valence-corrected chi connectivity index (χ4v) is 1.59. The van der Waals surface area contributed by atoms with Crippen LogP contribution in [0.4, 0.5) is 10.1 Å². The average Bonchev–Trinajstić information content (AvgIpc) is 2.27. The lowest BCUT2D eigenvalue weighted by Crippen LogP contribution is -2.28. The molecule has 2 nitrogen and oxygen atoms in total. The summed E-state index contributed by atoms with van der Waals surface area (Å²) >= 11 is 5.68. The Morgan fingerprint density at radius 2 is 2.19 bits per heavy atom. The Bertz CT molecular complexity index is 400. The van der Waals surface area contributed by atoms with Crippen LogP contribution in [0.25, 0.3) is 0 Å². The highest BCUT2D eigenvalue weighted by Gasteiger charge is 2.11. The van der Waals surface area contributed by atoms with Crippen molar-refractivity contribution < 1.29 is 4.39 Å². The van der Waals surface area contributed by atoms with Crippen molar-refractivity contribution in [3.63, 3.8) is 0 Å². The van der Waals surface area contributed by atoms with E-state index in [1.54, 1.807) is 0 Å². The highest BCUT2D eigenvalue weighted by atomic mass is 35.5. The van der Waals surface area contributed by atoms with Crippen molar-refractivity contribution in [1.29, 1.82) is 5.26 Å². The highest BCUT2D eigenvalue weighted by molar-refractivity contribution is 6.17. The molecule has 0 aromatic heterocycles. The van der Waals surface area contributed by atoms with Crippen molar-refractivity contribution >= 4 is 17.3 Å². The van der Waals surface area contributed by atoms with Gasteiger partial charge in [-0.15, -0.1) is 11.6 Å². The normalized spacial score (nSPS) is 11.9. The number of alkyl halides is 1. The van der Waals surface area contributed by atoms with E-state index in [9.17, 15) is 4.39 Å². The van der Waals surface area contributed by atoms with Gasteiger partial charge in [-0.25, -0.2) is 4.39 Å². The summed E-state index contributed by atoms with van der Waals surface area (Å²) in [6, 6.07) is 6.85. The van der Waals surface area contributed by atoms with Gasteiger partial charge in [-0.05, 0) is 30.7 Å². The van der Waals surface area contributed by atoms with Gasteiger partial charge in [0.05, 0.1) is 12.5 Å². The molecule has 1 aromatic carbocycles. The summed E-state index contributed by atoms with van der Waals surface area (Å²) in [6.45, 7) is 1.93. The van der Waals surface area contributed by atoms with Gasteiger partial charge in [0.1, 0.15) is 5.82 Å². The molecular formula is C12H14ClFN2. The van der Waals surface area contributed by atoms with Crippen molar-refractivity contribution in [2.75, 3.05) is 11.9 Å². The third kappa shape index (κ3) is 3.11. The molecule has 0 aliphatic carbocycles. The van der Waals surface area contributed by atoms with Gasteiger partial charge < -0.3 is 4.90 Å². The lowest BCUT2D eigenvalue weighted by molar-refractivity contribution is 0.623. The Morgan fingerprint density at radius 3 is 2.75 bits per heavy atom. The van der Waals surface area contributed by atoms with Crippen molar-refractivity contribution in [3.8, 4) is 6.07 Å². The van der Waals surface area contributed by atoms with Crippen LogP contribution in [0.3, 0.4) is 0 Å². The highest BCUT2D eigenvalue weighted by Crippen LogP contribution is 2.21. The molecule has 0 radical (unpaired) electrons. The quantitative estimate of drug-likeness (QED) is 0.755. The number of benzene rings is 1. The lowest BCUT2D eigenvalue weighted by Gasteiger charge is -2.25. The van der Waals surface area contributed by atoms with E-state index in [1.165, 1.54) is 12.1 Å². The molecular weight excluding hydrogens is 227 g/mol. The van der Waals surface area contributed by atoms with Crippen LogP contribution in [-0.2, 0) is 5.88 Å². The van der Waals surface area contributed by atoms with Gasteiger partial charge in [0.15, 0.2) is 0 Å². The summed E-state index contributed by atoms with van der Waals surface area (Å²) in [5.74, 6) is -0.0187. The number of hydrogen-bond donors (Lipinski definition) is 0. The predicted octanol–water partition coefficient (Wildman–Crippen LogP) is 3.30. The van der Waals surface area contributed by atoms with Gasteiger partial charge in [-0.2, -0.15) is 5.26 Å². The molecule has 1 atom stereocenters. The van der Waals surface area contributed by atoms with E-state index in [4.69, 9.17) is 16.9 Å².